The van der Waals surface area contributed by atoms with E-state index >= 15 is 0 Å². The van der Waals surface area contributed by atoms with E-state index in [1.807, 2.05) is 49.5 Å². The molecule has 3 N–H and O–H groups in total. The Kier molecular flexibility index (Phi) is 8.12. The number of anilines is 1. The van der Waals surface area contributed by atoms with Gasteiger partial charge in [-0.1, -0.05) is 38.1 Å². The highest BCUT2D eigenvalue weighted by molar-refractivity contribution is 6.06. The van der Waals surface area contributed by atoms with Crippen molar-refractivity contribution in [2.75, 3.05) is 33.1 Å². The van der Waals surface area contributed by atoms with Crippen LogP contribution >= 0.6 is 0 Å². The van der Waals surface area contributed by atoms with E-state index < -0.39 is 6.04 Å². The molecule has 4 aromatic rings. The zero-order chi connectivity index (χ0) is 27.4. The SMILES string of the molecule is COc1ccccc1-c1c[nH]c2ncc(-c3ccc(NC(=O)[C@@H](C)NCC(C)C)c(C(=O)N(C)C)c3)cc12. The third-order valence-electron chi connectivity index (χ3n) is 6.40. The lowest BCUT2D eigenvalue weighted by atomic mass is 9.99. The van der Waals surface area contributed by atoms with Crippen LogP contribution in [0.4, 0.5) is 5.69 Å². The monoisotopic (exact) mass is 513 g/mol. The lowest BCUT2D eigenvalue weighted by Crippen LogP contribution is -2.40. The molecule has 2 aromatic carbocycles. The van der Waals surface area contributed by atoms with Crippen LogP contribution in [0, 0.1) is 5.92 Å². The van der Waals surface area contributed by atoms with Gasteiger partial charge in [0.2, 0.25) is 5.91 Å². The molecule has 0 aliphatic heterocycles. The maximum Gasteiger partial charge on any atom is 0.255 e. The van der Waals surface area contributed by atoms with E-state index in [1.54, 1.807) is 33.5 Å². The highest BCUT2D eigenvalue weighted by Crippen LogP contribution is 2.36. The van der Waals surface area contributed by atoms with Gasteiger partial charge < -0.3 is 25.3 Å². The molecule has 8 nitrogen and oxygen atoms in total. The molecule has 0 fully saturated rings. The Labute approximate surface area is 223 Å². The summed E-state index contributed by atoms with van der Waals surface area (Å²) in [5, 5.41) is 7.10. The molecule has 0 saturated carbocycles. The van der Waals surface area contributed by atoms with Gasteiger partial charge in [-0.05, 0) is 49.2 Å². The van der Waals surface area contributed by atoms with Crippen molar-refractivity contribution in [1.29, 1.82) is 0 Å². The van der Waals surface area contributed by atoms with Crippen molar-refractivity contribution >= 4 is 28.5 Å². The quantitative estimate of drug-likeness (QED) is 0.286. The van der Waals surface area contributed by atoms with Gasteiger partial charge in [0.15, 0.2) is 0 Å². The summed E-state index contributed by atoms with van der Waals surface area (Å²) in [6.45, 7) is 6.71. The van der Waals surface area contributed by atoms with Crippen molar-refractivity contribution in [2.24, 2.45) is 5.92 Å². The standard InChI is InChI=1S/C30H35N5O3/c1-18(2)15-31-19(3)29(36)34-26-12-11-20(13-24(26)30(37)35(4)5)21-14-23-25(17-33-28(23)32-16-21)22-9-7-8-10-27(22)38-6/h7-14,16-19,31H,15H2,1-6H3,(H,32,33)(H,34,36)/t19-/m1/s1. The molecule has 2 amide bonds. The normalized spacial score (nSPS) is 12.0. The van der Waals surface area contributed by atoms with Crippen molar-refractivity contribution in [1.82, 2.24) is 20.2 Å². The van der Waals surface area contributed by atoms with Gasteiger partial charge in [-0.3, -0.25) is 9.59 Å². The fourth-order valence-electron chi connectivity index (χ4n) is 4.25. The average Bonchev–Trinajstić information content (AvgIpc) is 3.34. The van der Waals surface area contributed by atoms with Crippen molar-refractivity contribution in [2.45, 2.75) is 26.8 Å². The zero-order valence-corrected chi connectivity index (χ0v) is 22.8. The molecule has 8 heteroatoms. The molecule has 0 unspecified atom stereocenters. The Balaban J connectivity index is 1.72. The first-order valence-electron chi connectivity index (χ1n) is 12.7. The van der Waals surface area contributed by atoms with E-state index in [2.05, 4.69) is 40.5 Å². The Hall–Kier alpha value is -4.17. The number of hydrogen-bond acceptors (Lipinski definition) is 5. The number of para-hydroxylation sites is 1. The topological polar surface area (TPSA) is 99.3 Å². The Bertz CT molecular complexity index is 1460. The van der Waals surface area contributed by atoms with Crippen LogP contribution in [0.5, 0.6) is 5.75 Å². The largest absolute Gasteiger partial charge is 0.496 e. The second-order valence-electron chi connectivity index (χ2n) is 10.00. The van der Waals surface area contributed by atoms with Crippen LogP contribution in [0.25, 0.3) is 33.3 Å². The first-order chi connectivity index (χ1) is 18.2. The number of amides is 2. The molecule has 38 heavy (non-hydrogen) atoms. The summed E-state index contributed by atoms with van der Waals surface area (Å²) in [6.07, 6.45) is 3.70. The van der Waals surface area contributed by atoms with E-state index in [0.717, 1.165) is 45.6 Å². The summed E-state index contributed by atoms with van der Waals surface area (Å²) < 4.78 is 5.57. The van der Waals surface area contributed by atoms with Gasteiger partial charge >= 0.3 is 0 Å². The molecule has 198 valence electrons. The number of pyridine rings is 1. The molecule has 0 saturated heterocycles. The van der Waals surface area contributed by atoms with Crippen LogP contribution in [-0.2, 0) is 4.79 Å². The van der Waals surface area contributed by atoms with Gasteiger partial charge in [-0.25, -0.2) is 4.98 Å². The molecular formula is C30H35N5O3. The number of fused-ring (bicyclic) bond motifs is 1. The second kappa shape index (κ2) is 11.5. The van der Waals surface area contributed by atoms with Gasteiger partial charge in [0.25, 0.3) is 5.91 Å². The Morgan fingerprint density at radius 3 is 2.50 bits per heavy atom. The molecule has 0 bridgehead atoms. The predicted octanol–water partition coefficient (Wildman–Crippen LogP) is 5.18. The molecule has 0 aliphatic rings. The first-order valence-corrected chi connectivity index (χ1v) is 12.7. The number of rotatable bonds is 9. The highest BCUT2D eigenvalue weighted by Gasteiger charge is 2.20. The number of methoxy groups -OCH3 is 1. The van der Waals surface area contributed by atoms with E-state index in [1.165, 1.54) is 4.90 Å². The number of carbonyl (C=O) groups excluding carboxylic acids is 2. The lowest BCUT2D eigenvalue weighted by molar-refractivity contribution is -0.117. The minimum Gasteiger partial charge on any atom is -0.496 e. The summed E-state index contributed by atoms with van der Waals surface area (Å²) >= 11 is 0. The van der Waals surface area contributed by atoms with E-state index in [9.17, 15) is 9.59 Å². The van der Waals surface area contributed by atoms with Gasteiger partial charge in [-0.15, -0.1) is 0 Å². The first kappa shape index (κ1) is 26.9. The Morgan fingerprint density at radius 2 is 1.79 bits per heavy atom. The fraction of sp³-hybridized carbons (Fsp3) is 0.300. The third-order valence-corrected chi connectivity index (χ3v) is 6.40. The molecule has 2 aromatic heterocycles. The number of carbonyl (C=O) groups is 2. The third kappa shape index (κ3) is 5.70. The minimum atomic E-state index is -0.395. The summed E-state index contributed by atoms with van der Waals surface area (Å²) in [7, 11) is 5.04. The molecule has 0 spiro atoms. The van der Waals surface area contributed by atoms with Gasteiger partial charge in [0, 0.05) is 48.6 Å². The van der Waals surface area contributed by atoms with Gasteiger partial charge in [-0.2, -0.15) is 0 Å². The van der Waals surface area contributed by atoms with Crippen LogP contribution in [0.15, 0.2) is 60.9 Å². The summed E-state index contributed by atoms with van der Waals surface area (Å²) in [6, 6.07) is 15.0. The van der Waals surface area contributed by atoms with Crippen molar-refractivity contribution < 1.29 is 14.3 Å². The number of aromatic nitrogens is 2. The number of H-pyrrole nitrogens is 1. The number of hydrogen-bond donors (Lipinski definition) is 3. The number of benzene rings is 2. The van der Waals surface area contributed by atoms with Crippen LogP contribution < -0.4 is 15.4 Å². The molecule has 2 heterocycles. The number of ether oxygens (including phenoxy) is 1. The van der Waals surface area contributed by atoms with Crippen LogP contribution in [0.1, 0.15) is 31.1 Å². The van der Waals surface area contributed by atoms with Crippen LogP contribution in [0.3, 0.4) is 0 Å². The van der Waals surface area contributed by atoms with Crippen LogP contribution in [0.2, 0.25) is 0 Å². The summed E-state index contributed by atoms with van der Waals surface area (Å²) in [5.74, 6) is 0.804. The number of nitrogens with one attached hydrogen (secondary N) is 3. The molecule has 4 rings (SSSR count). The Morgan fingerprint density at radius 1 is 1.03 bits per heavy atom. The van der Waals surface area contributed by atoms with E-state index in [0.29, 0.717) is 17.2 Å². The maximum atomic E-state index is 13.1. The van der Waals surface area contributed by atoms with Crippen molar-refractivity contribution in [3.63, 3.8) is 0 Å². The number of aromatic amines is 1. The van der Waals surface area contributed by atoms with Crippen LogP contribution in [-0.4, -0.2) is 60.5 Å². The average molecular weight is 514 g/mol. The van der Waals surface area contributed by atoms with E-state index in [4.69, 9.17) is 4.74 Å². The molecule has 1 atom stereocenters. The van der Waals surface area contributed by atoms with Gasteiger partial charge in [0.05, 0.1) is 24.4 Å². The minimum absolute atomic E-state index is 0.192. The second-order valence-corrected chi connectivity index (χ2v) is 10.00. The van der Waals surface area contributed by atoms with Crippen molar-refractivity contribution in [3.8, 4) is 28.0 Å². The molecule has 0 radical (unpaired) electrons. The van der Waals surface area contributed by atoms with Gasteiger partial charge in [0.1, 0.15) is 11.4 Å². The summed E-state index contributed by atoms with van der Waals surface area (Å²) in [5.41, 5.74) is 5.25. The van der Waals surface area contributed by atoms with E-state index in [-0.39, 0.29) is 11.8 Å². The van der Waals surface area contributed by atoms with Crippen molar-refractivity contribution in [3.05, 3.63) is 66.5 Å². The molecule has 0 aliphatic carbocycles. The number of nitrogens with zero attached hydrogens (tertiary/aromatic N) is 2. The highest BCUT2D eigenvalue weighted by atomic mass is 16.5. The zero-order valence-electron chi connectivity index (χ0n) is 22.8. The lowest BCUT2D eigenvalue weighted by Gasteiger charge is -2.19. The summed E-state index contributed by atoms with van der Waals surface area (Å²) in [4.78, 5) is 35.3. The smallest absolute Gasteiger partial charge is 0.255 e. The fourth-order valence-corrected chi connectivity index (χ4v) is 4.25. The maximum absolute atomic E-state index is 13.1. The predicted molar refractivity (Wildman–Crippen MR) is 152 cm³/mol. The molecular weight excluding hydrogens is 478 g/mol.